The van der Waals surface area contributed by atoms with Gasteiger partial charge in [0.1, 0.15) is 12.4 Å². The average molecular weight is 222 g/mol. The van der Waals surface area contributed by atoms with E-state index in [1.54, 1.807) is 30.3 Å². The summed E-state index contributed by atoms with van der Waals surface area (Å²) in [5, 5.41) is 9.43. The van der Waals surface area contributed by atoms with Crippen LogP contribution in [0.3, 0.4) is 0 Å². The van der Waals surface area contributed by atoms with Crippen LogP contribution in [0.25, 0.3) is 0 Å². The molecule has 3 N–H and O–H groups in total. The van der Waals surface area contributed by atoms with Crippen LogP contribution < -0.4 is 10.5 Å². The number of benzene rings is 1. The number of aromatic nitrogens is 1. The van der Waals surface area contributed by atoms with Crippen molar-refractivity contribution in [2.45, 2.75) is 6.61 Å². The third-order valence-electron chi connectivity index (χ3n) is 1.81. The van der Waals surface area contributed by atoms with Gasteiger partial charge in [-0.2, -0.15) is 4.37 Å². The van der Waals surface area contributed by atoms with Gasteiger partial charge in [-0.25, -0.2) is 0 Å². The van der Waals surface area contributed by atoms with E-state index in [0.29, 0.717) is 18.2 Å². The summed E-state index contributed by atoms with van der Waals surface area (Å²) in [7, 11) is 0. The largest absolute Gasteiger partial charge is 0.504 e. The van der Waals surface area contributed by atoms with E-state index >= 15 is 0 Å². The summed E-state index contributed by atoms with van der Waals surface area (Å²) in [6.45, 7) is 0.368. The number of aromatic hydroxyl groups is 1. The highest BCUT2D eigenvalue weighted by Crippen LogP contribution is 2.25. The third-order valence-corrected chi connectivity index (χ3v) is 2.58. The molecule has 78 valence electrons. The van der Waals surface area contributed by atoms with Gasteiger partial charge in [0.25, 0.3) is 0 Å². The van der Waals surface area contributed by atoms with Crippen LogP contribution in [0.15, 0.2) is 30.3 Å². The lowest BCUT2D eigenvalue weighted by molar-refractivity contribution is 0.292. The number of phenols is 1. The molecule has 0 saturated carbocycles. The minimum atomic E-state index is 0.134. The lowest BCUT2D eigenvalue weighted by atomic mass is 10.3. The van der Waals surface area contributed by atoms with Gasteiger partial charge < -0.3 is 15.6 Å². The second-order valence-electron chi connectivity index (χ2n) is 2.97. The number of hydrogen-bond donors (Lipinski definition) is 2. The first-order valence-electron chi connectivity index (χ1n) is 4.37. The smallest absolute Gasteiger partial charge is 0.161 e. The monoisotopic (exact) mass is 222 g/mol. The Morgan fingerprint density at radius 1 is 1.40 bits per heavy atom. The Bertz CT molecular complexity index is 456. The zero-order valence-corrected chi connectivity index (χ0v) is 8.70. The standard InChI is InChI=1S/C10H10N2O2S/c11-10-5-7(15-12-10)6-14-9-4-2-1-3-8(9)13/h1-5,13H,6H2,(H2,11,12). The van der Waals surface area contributed by atoms with Crippen LogP contribution in [0.5, 0.6) is 11.5 Å². The number of hydrogen-bond acceptors (Lipinski definition) is 5. The topological polar surface area (TPSA) is 68.4 Å². The zero-order chi connectivity index (χ0) is 10.7. The van der Waals surface area contributed by atoms with Crippen LogP contribution in [0.1, 0.15) is 4.88 Å². The Labute approximate surface area is 91.1 Å². The van der Waals surface area contributed by atoms with Crippen molar-refractivity contribution >= 4 is 17.4 Å². The third kappa shape index (κ3) is 2.38. The number of para-hydroxylation sites is 2. The van der Waals surface area contributed by atoms with Crippen molar-refractivity contribution in [1.29, 1.82) is 0 Å². The molecule has 5 heteroatoms. The molecule has 4 nitrogen and oxygen atoms in total. The molecule has 0 saturated heterocycles. The van der Waals surface area contributed by atoms with Crippen molar-refractivity contribution in [2.24, 2.45) is 0 Å². The number of nitrogen functional groups attached to an aromatic ring is 1. The summed E-state index contributed by atoms with van der Waals surface area (Å²) in [6, 6.07) is 8.59. The lowest BCUT2D eigenvalue weighted by Crippen LogP contribution is -1.92. The number of rotatable bonds is 3. The van der Waals surface area contributed by atoms with Gasteiger partial charge in [0.05, 0.1) is 4.88 Å². The van der Waals surface area contributed by atoms with Crippen LogP contribution in [0.4, 0.5) is 5.82 Å². The molecular formula is C10H10N2O2S. The molecule has 0 aliphatic carbocycles. The molecule has 0 aliphatic heterocycles. The first-order chi connectivity index (χ1) is 7.25. The van der Waals surface area contributed by atoms with Gasteiger partial charge >= 0.3 is 0 Å². The SMILES string of the molecule is Nc1cc(COc2ccccc2O)sn1. The molecule has 0 radical (unpaired) electrons. The first-order valence-corrected chi connectivity index (χ1v) is 5.15. The van der Waals surface area contributed by atoms with Crippen LogP contribution in [-0.4, -0.2) is 9.48 Å². The van der Waals surface area contributed by atoms with Gasteiger partial charge in [-0.1, -0.05) is 12.1 Å². The molecule has 0 spiro atoms. The van der Waals surface area contributed by atoms with Gasteiger partial charge in [-0.15, -0.1) is 0 Å². The predicted molar refractivity (Wildman–Crippen MR) is 59.0 cm³/mol. The van der Waals surface area contributed by atoms with Crippen molar-refractivity contribution < 1.29 is 9.84 Å². The summed E-state index contributed by atoms with van der Waals surface area (Å²) in [5.74, 6) is 1.09. The van der Waals surface area contributed by atoms with E-state index in [1.807, 2.05) is 0 Å². The van der Waals surface area contributed by atoms with Crippen LogP contribution in [0.2, 0.25) is 0 Å². The van der Waals surface area contributed by atoms with E-state index in [4.69, 9.17) is 10.5 Å². The fourth-order valence-corrected chi connectivity index (χ4v) is 1.69. The molecule has 0 atom stereocenters. The Hall–Kier alpha value is -1.75. The van der Waals surface area contributed by atoms with E-state index in [-0.39, 0.29) is 5.75 Å². The van der Waals surface area contributed by atoms with Crippen molar-refractivity contribution in [3.8, 4) is 11.5 Å². The highest BCUT2D eigenvalue weighted by atomic mass is 32.1. The second-order valence-corrected chi connectivity index (χ2v) is 3.86. The van der Waals surface area contributed by atoms with Gasteiger partial charge in [-0.3, -0.25) is 0 Å². The normalized spacial score (nSPS) is 10.1. The molecule has 1 aromatic heterocycles. The van der Waals surface area contributed by atoms with Gasteiger partial charge in [0.2, 0.25) is 0 Å². The van der Waals surface area contributed by atoms with Gasteiger partial charge in [0.15, 0.2) is 11.5 Å². The number of phenolic OH excluding ortho intramolecular Hbond substituents is 1. The van der Waals surface area contributed by atoms with Crippen LogP contribution in [0, 0.1) is 0 Å². The number of ether oxygens (including phenoxy) is 1. The number of nitrogens with zero attached hydrogens (tertiary/aromatic N) is 1. The van der Waals surface area contributed by atoms with Gasteiger partial charge in [0, 0.05) is 0 Å². The molecule has 0 unspecified atom stereocenters. The van der Waals surface area contributed by atoms with Crippen molar-refractivity contribution in [1.82, 2.24) is 4.37 Å². The zero-order valence-electron chi connectivity index (χ0n) is 7.88. The summed E-state index contributed by atoms with van der Waals surface area (Å²) in [5.41, 5.74) is 5.47. The molecule has 0 fully saturated rings. The first kappa shape index (κ1) is 9.79. The summed E-state index contributed by atoms with van der Waals surface area (Å²) in [6.07, 6.45) is 0. The lowest BCUT2D eigenvalue weighted by Gasteiger charge is -2.05. The fourth-order valence-electron chi connectivity index (χ4n) is 1.13. The Balaban J connectivity index is 2.02. The highest BCUT2D eigenvalue weighted by Gasteiger charge is 2.03. The highest BCUT2D eigenvalue weighted by molar-refractivity contribution is 7.06. The fraction of sp³-hybridized carbons (Fsp3) is 0.100. The maximum atomic E-state index is 9.43. The van der Waals surface area contributed by atoms with E-state index < -0.39 is 0 Å². The summed E-state index contributed by atoms with van der Waals surface area (Å²) in [4.78, 5) is 0.927. The van der Waals surface area contributed by atoms with E-state index in [0.717, 1.165) is 4.88 Å². The predicted octanol–water partition coefficient (Wildman–Crippen LogP) is 2.01. The molecule has 1 heterocycles. The van der Waals surface area contributed by atoms with E-state index in [1.165, 1.54) is 11.5 Å². The van der Waals surface area contributed by atoms with Crippen molar-refractivity contribution in [3.63, 3.8) is 0 Å². The molecule has 15 heavy (non-hydrogen) atoms. The molecule has 2 aromatic rings. The van der Waals surface area contributed by atoms with Crippen molar-refractivity contribution in [2.75, 3.05) is 5.73 Å². The van der Waals surface area contributed by atoms with E-state index in [2.05, 4.69) is 4.37 Å². The molecular weight excluding hydrogens is 212 g/mol. The van der Waals surface area contributed by atoms with E-state index in [9.17, 15) is 5.11 Å². The quantitative estimate of drug-likeness (QED) is 0.833. The van der Waals surface area contributed by atoms with Crippen molar-refractivity contribution in [3.05, 3.63) is 35.2 Å². The Kier molecular flexibility index (Phi) is 2.73. The van der Waals surface area contributed by atoms with Crippen LogP contribution in [-0.2, 0) is 6.61 Å². The van der Waals surface area contributed by atoms with Gasteiger partial charge in [-0.05, 0) is 29.7 Å². The molecule has 0 amide bonds. The minimum Gasteiger partial charge on any atom is -0.504 e. The molecule has 0 bridgehead atoms. The molecule has 2 rings (SSSR count). The maximum Gasteiger partial charge on any atom is 0.161 e. The Morgan fingerprint density at radius 3 is 2.87 bits per heavy atom. The molecule has 1 aromatic carbocycles. The Morgan fingerprint density at radius 2 is 2.20 bits per heavy atom. The average Bonchev–Trinajstić information content (AvgIpc) is 2.63. The van der Waals surface area contributed by atoms with Crippen LogP contribution >= 0.6 is 11.5 Å². The maximum absolute atomic E-state index is 9.43. The number of anilines is 1. The number of nitrogens with two attached hydrogens (primary N) is 1. The minimum absolute atomic E-state index is 0.134. The molecule has 0 aliphatic rings. The summed E-state index contributed by atoms with van der Waals surface area (Å²) >= 11 is 1.29. The second kappa shape index (κ2) is 4.18. The summed E-state index contributed by atoms with van der Waals surface area (Å²) < 4.78 is 9.33.